The molecule has 1 aliphatic heterocycles. The van der Waals surface area contributed by atoms with Gasteiger partial charge in [0.15, 0.2) is 5.82 Å². The van der Waals surface area contributed by atoms with Crippen LogP contribution in [-0.2, 0) is 30.2 Å². The Hall–Kier alpha value is -3.33. The normalized spacial score (nSPS) is 14.2. The van der Waals surface area contributed by atoms with Crippen LogP contribution in [0.5, 0.6) is 0 Å². The second-order valence-corrected chi connectivity index (χ2v) is 10.3. The summed E-state index contributed by atoms with van der Waals surface area (Å²) in [6, 6.07) is 3.89. The van der Waals surface area contributed by atoms with Crippen LogP contribution in [0.25, 0.3) is 10.9 Å². The number of benzene rings is 1. The Bertz CT molecular complexity index is 1300. The Morgan fingerprint density at radius 2 is 2.03 bits per heavy atom. The quantitative estimate of drug-likeness (QED) is 0.433. The monoisotopic (exact) mass is 497 g/mol. The Labute approximate surface area is 209 Å². The number of halogens is 1. The van der Waals surface area contributed by atoms with Gasteiger partial charge in [-0.25, -0.2) is 4.98 Å². The summed E-state index contributed by atoms with van der Waals surface area (Å²) in [6.07, 6.45) is 1.91. The van der Waals surface area contributed by atoms with Crippen LogP contribution in [0, 0.1) is 0 Å². The number of nitrogens with one attached hydrogen (secondary N) is 3. The number of nitrogens with zero attached hydrogens (tertiary/aromatic N) is 4. The molecule has 10 heteroatoms. The molecule has 1 saturated heterocycles. The highest BCUT2D eigenvalue weighted by molar-refractivity contribution is 6.32. The van der Waals surface area contributed by atoms with E-state index >= 15 is 0 Å². The molecule has 186 valence electrons. The molecule has 1 fully saturated rings. The van der Waals surface area contributed by atoms with E-state index in [1.807, 2.05) is 24.6 Å². The molecule has 0 atom stereocenters. The molecule has 0 bridgehead atoms. The fourth-order valence-corrected chi connectivity index (χ4v) is 4.78. The predicted molar refractivity (Wildman–Crippen MR) is 138 cm³/mol. The first-order chi connectivity index (χ1) is 16.5. The second-order valence-electron chi connectivity index (χ2n) is 9.91. The minimum Gasteiger partial charge on any atom is -0.361 e. The number of amides is 2. The van der Waals surface area contributed by atoms with Gasteiger partial charge < -0.3 is 20.1 Å². The van der Waals surface area contributed by atoms with Crippen molar-refractivity contribution in [1.82, 2.24) is 30.0 Å². The van der Waals surface area contributed by atoms with Gasteiger partial charge in [0, 0.05) is 30.5 Å². The van der Waals surface area contributed by atoms with Crippen LogP contribution in [0.1, 0.15) is 55.3 Å². The van der Waals surface area contributed by atoms with Crippen molar-refractivity contribution in [2.24, 2.45) is 7.05 Å². The van der Waals surface area contributed by atoms with Gasteiger partial charge in [-0.15, -0.1) is 0 Å². The second kappa shape index (κ2) is 9.37. The first-order valence-electron chi connectivity index (χ1n) is 11.7. The number of imidazole rings is 1. The van der Waals surface area contributed by atoms with Crippen molar-refractivity contribution in [2.45, 2.75) is 52.1 Å². The SMILES string of the molecule is C=CC(=O)N1CC(NC(=O)c2c(CC)nc(CNc3n[nH]c4cc(Cl)c(C(C)(C)C)cc34)n2C)C1. The number of hydrogen-bond donors (Lipinski definition) is 3. The summed E-state index contributed by atoms with van der Waals surface area (Å²) >= 11 is 6.49. The third-order valence-electron chi connectivity index (χ3n) is 6.39. The Morgan fingerprint density at radius 3 is 2.66 bits per heavy atom. The van der Waals surface area contributed by atoms with Crippen molar-refractivity contribution >= 4 is 40.1 Å². The molecule has 0 unspecified atom stereocenters. The van der Waals surface area contributed by atoms with E-state index in [0.717, 1.165) is 28.0 Å². The van der Waals surface area contributed by atoms with Gasteiger partial charge in [0.25, 0.3) is 5.91 Å². The number of anilines is 1. The number of aryl methyl sites for hydroxylation is 1. The molecule has 3 heterocycles. The van der Waals surface area contributed by atoms with E-state index in [4.69, 9.17) is 16.6 Å². The van der Waals surface area contributed by atoms with Gasteiger partial charge in [-0.3, -0.25) is 14.7 Å². The Morgan fingerprint density at radius 1 is 1.31 bits per heavy atom. The van der Waals surface area contributed by atoms with Gasteiger partial charge in [-0.2, -0.15) is 5.10 Å². The van der Waals surface area contributed by atoms with Crippen molar-refractivity contribution in [1.29, 1.82) is 0 Å². The van der Waals surface area contributed by atoms with Crippen molar-refractivity contribution in [3.05, 3.63) is 52.6 Å². The summed E-state index contributed by atoms with van der Waals surface area (Å²) < 4.78 is 1.82. The molecule has 0 saturated carbocycles. The van der Waals surface area contributed by atoms with Crippen LogP contribution in [0.2, 0.25) is 5.02 Å². The highest BCUT2D eigenvalue weighted by Gasteiger charge is 2.32. The van der Waals surface area contributed by atoms with Crippen LogP contribution in [-0.4, -0.2) is 55.6 Å². The van der Waals surface area contributed by atoms with Crippen LogP contribution in [0.4, 0.5) is 5.82 Å². The largest absolute Gasteiger partial charge is 0.361 e. The molecule has 35 heavy (non-hydrogen) atoms. The van der Waals surface area contributed by atoms with Crippen molar-refractivity contribution in [3.63, 3.8) is 0 Å². The summed E-state index contributed by atoms with van der Waals surface area (Å²) in [5.41, 5.74) is 3.06. The van der Waals surface area contributed by atoms with Gasteiger partial charge in [-0.05, 0) is 35.6 Å². The van der Waals surface area contributed by atoms with Gasteiger partial charge in [-0.1, -0.05) is 45.9 Å². The van der Waals surface area contributed by atoms with Gasteiger partial charge in [0.2, 0.25) is 5.91 Å². The standard InChI is InChI=1S/C25H32ClN7O2/c1-7-18-22(24(35)28-14-12-33(13-14)21(34)8-2)32(6)20(29-18)11-27-23-15-9-16(25(3,4)5)17(26)10-19(15)30-31-23/h8-10,14H,2,7,11-13H2,1,3-6H3,(H,28,35)(H2,27,30,31). The molecule has 3 N–H and O–H groups in total. The third kappa shape index (κ3) is 4.77. The molecule has 2 amide bonds. The zero-order chi connectivity index (χ0) is 25.5. The number of likely N-dealkylation sites (tertiary alicyclic amines) is 1. The lowest BCUT2D eigenvalue weighted by molar-refractivity contribution is -0.130. The number of carbonyl (C=O) groups is 2. The smallest absolute Gasteiger partial charge is 0.270 e. The number of hydrogen-bond acceptors (Lipinski definition) is 5. The van der Waals surface area contributed by atoms with E-state index < -0.39 is 0 Å². The summed E-state index contributed by atoms with van der Waals surface area (Å²) in [4.78, 5) is 31.0. The molecule has 0 aliphatic carbocycles. The lowest BCUT2D eigenvalue weighted by atomic mass is 9.86. The highest BCUT2D eigenvalue weighted by atomic mass is 35.5. The number of H-pyrrole nitrogens is 1. The van der Waals surface area contributed by atoms with Crippen LogP contribution < -0.4 is 10.6 Å². The fourth-order valence-electron chi connectivity index (χ4n) is 4.34. The summed E-state index contributed by atoms with van der Waals surface area (Å²) in [5.74, 6) is 1.12. The van der Waals surface area contributed by atoms with Gasteiger partial charge in [0.05, 0.1) is 23.8 Å². The number of rotatable bonds is 7. The lowest BCUT2D eigenvalue weighted by Crippen LogP contribution is -2.60. The molecule has 1 aromatic carbocycles. The lowest BCUT2D eigenvalue weighted by Gasteiger charge is -2.38. The molecule has 2 aromatic heterocycles. The summed E-state index contributed by atoms with van der Waals surface area (Å²) in [6.45, 7) is 13.2. The first-order valence-corrected chi connectivity index (χ1v) is 12.1. The van der Waals surface area contributed by atoms with Gasteiger partial charge >= 0.3 is 0 Å². The van der Waals surface area contributed by atoms with E-state index in [1.54, 1.807) is 4.90 Å². The topological polar surface area (TPSA) is 108 Å². The summed E-state index contributed by atoms with van der Waals surface area (Å²) in [7, 11) is 1.84. The molecule has 0 radical (unpaired) electrons. The van der Waals surface area contributed by atoms with E-state index in [0.29, 0.717) is 42.6 Å². The average Bonchev–Trinajstić information content (AvgIpc) is 3.32. The van der Waals surface area contributed by atoms with Crippen molar-refractivity contribution in [2.75, 3.05) is 18.4 Å². The average molecular weight is 498 g/mol. The molecule has 9 nitrogen and oxygen atoms in total. The zero-order valence-electron chi connectivity index (χ0n) is 20.8. The summed E-state index contributed by atoms with van der Waals surface area (Å²) in [5, 5.41) is 15.5. The van der Waals surface area contributed by atoms with E-state index in [1.165, 1.54) is 6.08 Å². The van der Waals surface area contributed by atoms with E-state index in [2.05, 4.69) is 54.2 Å². The van der Waals surface area contributed by atoms with E-state index in [-0.39, 0.29) is 23.3 Å². The molecule has 1 aliphatic rings. The number of carbonyl (C=O) groups excluding carboxylic acids is 2. The molecule has 4 rings (SSSR count). The maximum atomic E-state index is 13.0. The maximum absolute atomic E-state index is 13.0. The third-order valence-corrected chi connectivity index (χ3v) is 6.70. The minimum atomic E-state index is -0.187. The minimum absolute atomic E-state index is 0.0770. The number of fused-ring (bicyclic) bond motifs is 1. The zero-order valence-corrected chi connectivity index (χ0v) is 21.6. The van der Waals surface area contributed by atoms with Gasteiger partial charge in [0.1, 0.15) is 11.5 Å². The van der Waals surface area contributed by atoms with Crippen LogP contribution >= 0.6 is 11.6 Å². The van der Waals surface area contributed by atoms with Crippen LogP contribution in [0.3, 0.4) is 0 Å². The number of aromatic nitrogens is 4. The first kappa shape index (κ1) is 24.8. The maximum Gasteiger partial charge on any atom is 0.270 e. The fraction of sp³-hybridized carbons (Fsp3) is 0.440. The molecule has 3 aromatic rings. The molecular weight excluding hydrogens is 466 g/mol. The molecule has 0 spiro atoms. The van der Waals surface area contributed by atoms with E-state index in [9.17, 15) is 9.59 Å². The Balaban J connectivity index is 1.50. The predicted octanol–water partition coefficient (Wildman–Crippen LogP) is 3.55. The number of aromatic amines is 1. The Kier molecular flexibility index (Phi) is 6.64. The van der Waals surface area contributed by atoms with Crippen molar-refractivity contribution < 1.29 is 9.59 Å². The highest BCUT2D eigenvalue weighted by Crippen LogP contribution is 2.34. The van der Waals surface area contributed by atoms with Crippen LogP contribution in [0.15, 0.2) is 24.8 Å². The van der Waals surface area contributed by atoms with Crippen molar-refractivity contribution in [3.8, 4) is 0 Å². The molecular formula is C25H32ClN7O2.